The molecular formula is C17H13F3O3. The van der Waals surface area contributed by atoms with Crippen LogP contribution < -0.4 is 4.74 Å². The Labute approximate surface area is 130 Å². The van der Waals surface area contributed by atoms with Gasteiger partial charge in [0.1, 0.15) is 0 Å². The Hall–Kier alpha value is -2.76. The maximum atomic E-state index is 12.9. The van der Waals surface area contributed by atoms with E-state index in [-0.39, 0.29) is 11.5 Å². The number of benzene rings is 2. The third kappa shape index (κ3) is 3.91. The van der Waals surface area contributed by atoms with Crippen molar-refractivity contribution in [3.8, 4) is 11.5 Å². The number of ether oxygens (including phenoxy) is 1. The summed E-state index contributed by atoms with van der Waals surface area (Å²) in [6, 6.07) is 8.95. The van der Waals surface area contributed by atoms with Gasteiger partial charge in [0.15, 0.2) is 17.3 Å². The molecule has 0 unspecified atom stereocenters. The molecule has 2 rings (SSSR count). The molecule has 120 valence electrons. The van der Waals surface area contributed by atoms with Gasteiger partial charge < -0.3 is 9.84 Å². The Balaban J connectivity index is 2.30. The number of ketones is 1. The number of hydrogen-bond acceptors (Lipinski definition) is 3. The van der Waals surface area contributed by atoms with Gasteiger partial charge in [-0.25, -0.2) is 0 Å². The number of aromatic hydroxyl groups is 1. The fraction of sp³-hybridized carbons (Fsp3) is 0.118. The molecule has 2 aromatic rings. The number of carbonyl (C=O) groups is 1. The van der Waals surface area contributed by atoms with E-state index in [1.807, 2.05) is 0 Å². The van der Waals surface area contributed by atoms with Crippen molar-refractivity contribution in [3.05, 3.63) is 65.2 Å². The van der Waals surface area contributed by atoms with Gasteiger partial charge in [-0.3, -0.25) is 4.79 Å². The third-order valence-corrected chi connectivity index (χ3v) is 3.13. The highest BCUT2D eigenvalue weighted by atomic mass is 19.4. The molecule has 0 saturated heterocycles. The molecule has 0 aliphatic heterocycles. The van der Waals surface area contributed by atoms with Gasteiger partial charge in [0.2, 0.25) is 0 Å². The van der Waals surface area contributed by atoms with Gasteiger partial charge in [0.05, 0.1) is 12.7 Å². The first kappa shape index (κ1) is 16.6. The number of allylic oxidation sites excluding steroid dienone is 1. The van der Waals surface area contributed by atoms with E-state index in [0.717, 1.165) is 18.2 Å². The van der Waals surface area contributed by atoms with Crippen LogP contribution in [0.25, 0.3) is 6.08 Å². The first-order valence-electron chi connectivity index (χ1n) is 6.58. The van der Waals surface area contributed by atoms with Crippen molar-refractivity contribution in [3.63, 3.8) is 0 Å². The van der Waals surface area contributed by atoms with Gasteiger partial charge in [-0.2, -0.15) is 13.2 Å². The monoisotopic (exact) mass is 322 g/mol. The van der Waals surface area contributed by atoms with Gasteiger partial charge >= 0.3 is 6.18 Å². The molecule has 1 N–H and O–H groups in total. The summed E-state index contributed by atoms with van der Waals surface area (Å²) in [6.45, 7) is 0. The van der Waals surface area contributed by atoms with Crippen LogP contribution >= 0.6 is 0 Å². The van der Waals surface area contributed by atoms with Crippen LogP contribution in [-0.4, -0.2) is 18.0 Å². The summed E-state index contributed by atoms with van der Waals surface area (Å²) in [6.07, 6.45) is -2.18. The number of carbonyl (C=O) groups excluding carboxylic acids is 1. The Morgan fingerprint density at radius 1 is 1.17 bits per heavy atom. The summed E-state index contributed by atoms with van der Waals surface area (Å²) in [7, 11) is 1.37. The molecule has 2 aromatic carbocycles. The Morgan fingerprint density at radius 2 is 1.87 bits per heavy atom. The highest BCUT2D eigenvalue weighted by molar-refractivity contribution is 6.07. The van der Waals surface area contributed by atoms with Crippen molar-refractivity contribution in [2.24, 2.45) is 0 Å². The number of halogens is 3. The summed E-state index contributed by atoms with van der Waals surface area (Å²) < 4.78 is 43.6. The number of methoxy groups -OCH3 is 1. The Bertz CT molecular complexity index is 749. The second-order valence-corrected chi connectivity index (χ2v) is 4.67. The van der Waals surface area contributed by atoms with Gasteiger partial charge in [-0.15, -0.1) is 0 Å². The lowest BCUT2D eigenvalue weighted by Crippen LogP contribution is -2.11. The smallest absolute Gasteiger partial charge is 0.417 e. The molecule has 0 atom stereocenters. The lowest BCUT2D eigenvalue weighted by molar-refractivity contribution is -0.137. The molecule has 23 heavy (non-hydrogen) atoms. The summed E-state index contributed by atoms with van der Waals surface area (Å²) in [5.41, 5.74) is -0.877. The molecule has 0 aromatic heterocycles. The Kier molecular flexibility index (Phi) is 4.74. The maximum Gasteiger partial charge on any atom is 0.417 e. The highest BCUT2D eigenvalue weighted by Gasteiger charge is 2.34. The predicted molar refractivity (Wildman–Crippen MR) is 79.5 cm³/mol. The van der Waals surface area contributed by atoms with Crippen molar-refractivity contribution in [1.82, 2.24) is 0 Å². The molecule has 0 amide bonds. The first-order valence-corrected chi connectivity index (χ1v) is 6.58. The second kappa shape index (κ2) is 6.56. The average Bonchev–Trinajstić information content (AvgIpc) is 2.53. The highest BCUT2D eigenvalue weighted by Crippen LogP contribution is 2.32. The number of phenols is 1. The van der Waals surface area contributed by atoms with Gasteiger partial charge in [0, 0.05) is 5.56 Å². The second-order valence-electron chi connectivity index (χ2n) is 4.67. The number of rotatable bonds is 4. The standard InChI is InChI=1S/C17H13F3O3/c1-23-16-10-11(7-9-15(16)22)6-8-14(21)12-4-2-3-5-13(12)17(18,19)20/h2-10,22H,1H3. The largest absolute Gasteiger partial charge is 0.504 e. The maximum absolute atomic E-state index is 12.9. The summed E-state index contributed by atoms with van der Waals surface area (Å²) in [5, 5.41) is 9.48. The van der Waals surface area contributed by atoms with E-state index in [4.69, 9.17) is 4.74 Å². The van der Waals surface area contributed by atoms with Crippen LogP contribution in [0.4, 0.5) is 13.2 Å². The average molecular weight is 322 g/mol. The minimum atomic E-state index is -4.60. The number of alkyl halides is 3. The molecular weight excluding hydrogens is 309 g/mol. The number of phenolic OH excluding ortho intramolecular Hbond substituents is 1. The van der Waals surface area contributed by atoms with E-state index in [1.165, 1.54) is 43.5 Å². The number of hydrogen-bond donors (Lipinski definition) is 1. The van der Waals surface area contributed by atoms with E-state index in [0.29, 0.717) is 5.56 Å². The minimum absolute atomic E-state index is 0.0709. The summed E-state index contributed by atoms with van der Waals surface area (Å²) in [5.74, 6) is -0.626. The van der Waals surface area contributed by atoms with Crippen LogP contribution in [-0.2, 0) is 6.18 Å². The van der Waals surface area contributed by atoms with Crippen molar-refractivity contribution in [2.75, 3.05) is 7.11 Å². The van der Waals surface area contributed by atoms with Crippen LogP contribution in [0, 0.1) is 0 Å². The zero-order valence-electron chi connectivity index (χ0n) is 12.1. The third-order valence-electron chi connectivity index (χ3n) is 3.13. The molecule has 0 spiro atoms. The van der Waals surface area contributed by atoms with E-state index < -0.39 is 23.1 Å². The van der Waals surface area contributed by atoms with Crippen LogP contribution in [0.1, 0.15) is 21.5 Å². The minimum Gasteiger partial charge on any atom is -0.504 e. The molecule has 0 aliphatic carbocycles. The summed E-state index contributed by atoms with van der Waals surface area (Å²) >= 11 is 0. The molecule has 0 radical (unpaired) electrons. The fourth-order valence-electron chi connectivity index (χ4n) is 2.00. The zero-order valence-corrected chi connectivity index (χ0v) is 12.1. The first-order chi connectivity index (χ1) is 10.8. The zero-order chi connectivity index (χ0) is 17.0. The van der Waals surface area contributed by atoms with Crippen molar-refractivity contribution in [2.45, 2.75) is 6.18 Å². The van der Waals surface area contributed by atoms with Gasteiger partial charge in [0.25, 0.3) is 0 Å². The predicted octanol–water partition coefficient (Wildman–Crippen LogP) is 4.32. The lowest BCUT2D eigenvalue weighted by atomic mass is 10.0. The van der Waals surface area contributed by atoms with Crippen LogP contribution in [0.15, 0.2) is 48.5 Å². The quantitative estimate of drug-likeness (QED) is 0.674. The SMILES string of the molecule is COc1cc(C=CC(=O)c2ccccc2C(F)(F)F)ccc1O. The van der Waals surface area contributed by atoms with E-state index >= 15 is 0 Å². The molecule has 0 heterocycles. The van der Waals surface area contributed by atoms with E-state index in [9.17, 15) is 23.1 Å². The lowest BCUT2D eigenvalue weighted by Gasteiger charge is -2.10. The normalized spacial score (nSPS) is 11.7. The molecule has 6 heteroatoms. The fourth-order valence-corrected chi connectivity index (χ4v) is 2.00. The van der Waals surface area contributed by atoms with Crippen molar-refractivity contribution in [1.29, 1.82) is 0 Å². The molecule has 0 aliphatic rings. The Morgan fingerprint density at radius 3 is 2.52 bits per heavy atom. The molecule has 0 fully saturated rings. The molecule has 0 bridgehead atoms. The van der Waals surface area contributed by atoms with E-state index in [2.05, 4.69) is 0 Å². The molecule has 3 nitrogen and oxygen atoms in total. The van der Waals surface area contributed by atoms with Crippen LogP contribution in [0.2, 0.25) is 0 Å². The van der Waals surface area contributed by atoms with Crippen molar-refractivity contribution >= 4 is 11.9 Å². The summed E-state index contributed by atoms with van der Waals surface area (Å²) in [4.78, 5) is 12.0. The van der Waals surface area contributed by atoms with Crippen molar-refractivity contribution < 1.29 is 27.8 Å². The topological polar surface area (TPSA) is 46.5 Å². The molecule has 0 saturated carbocycles. The van der Waals surface area contributed by atoms with E-state index in [1.54, 1.807) is 0 Å². The van der Waals surface area contributed by atoms with Gasteiger partial charge in [-0.05, 0) is 29.8 Å². The van der Waals surface area contributed by atoms with Crippen LogP contribution in [0.5, 0.6) is 11.5 Å². The van der Waals surface area contributed by atoms with Crippen LogP contribution in [0.3, 0.4) is 0 Å². The van der Waals surface area contributed by atoms with Gasteiger partial charge in [-0.1, -0.05) is 30.3 Å².